The van der Waals surface area contributed by atoms with Crippen molar-refractivity contribution in [3.8, 4) is 11.5 Å². The summed E-state index contributed by atoms with van der Waals surface area (Å²) in [5, 5.41) is 5.47. The lowest BCUT2D eigenvalue weighted by atomic mass is 10.2. The summed E-state index contributed by atoms with van der Waals surface area (Å²) in [5.74, 6) is 2.12. The first-order valence-electron chi connectivity index (χ1n) is 10.4. The Morgan fingerprint density at radius 3 is 2.58 bits per heavy atom. The van der Waals surface area contributed by atoms with E-state index in [0.717, 1.165) is 18.9 Å². The number of carbonyl (C=O) groups excluding carboxylic acids is 2. The summed E-state index contributed by atoms with van der Waals surface area (Å²) in [6.07, 6.45) is 2.02. The van der Waals surface area contributed by atoms with Gasteiger partial charge in [-0.25, -0.2) is 9.78 Å². The second kappa shape index (κ2) is 11.1. The molecule has 2 N–H and O–H groups in total. The minimum atomic E-state index is -0.375. The lowest BCUT2D eigenvalue weighted by molar-refractivity contribution is -0.131. The van der Waals surface area contributed by atoms with Gasteiger partial charge in [0, 0.05) is 57.1 Å². The van der Waals surface area contributed by atoms with Crippen LogP contribution < -0.4 is 25.0 Å². The molecule has 1 aliphatic rings. The number of piperazine rings is 1. The van der Waals surface area contributed by atoms with Crippen molar-refractivity contribution in [1.29, 1.82) is 0 Å². The second-order valence-electron chi connectivity index (χ2n) is 6.99. The number of aromatic nitrogens is 1. The molecule has 0 bridgehead atoms. The highest BCUT2D eigenvalue weighted by Gasteiger charge is 2.21. The van der Waals surface area contributed by atoms with Crippen molar-refractivity contribution in [2.24, 2.45) is 0 Å². The molecule has 0 saturated carbocycles. The summed E-state index contributed by atoms with van der Waals surface area (Å²) >= 11 is 0. The number of pyridine rings is 1. The standard InChI is InChI=1S/C22H29N5O4/c1-3-31-19-16-17(7-8-18(19)30-2)25-22(29)24-11-9-21(28)27-14-12-26(13-15-27)20-6-4-5-10-23-20/h4-8,10,16H,3,9,11-15H2,1-2H3,(H2,24,25,29). The Balaban J connectivity index is 1.39. The molecule has 2 heterocycles. The Kier molecular flexibility index (Phi) is 7.91. The average Bonchev–Trinajstić information content (AvgIpc) is 2.80. The zero-order valence-corrected chi connectivity index (χ0v) is 18.0. The highest BCUT2D eigenvalue weighted by Crippen LogP contribution is 2.30. The fourth-order valence-electron chi connectivity index (χ4n) is 3.36. The minimum Gasteiger partial charge on any atom is -0.493 e. The van der Waals surface area contributed by atoms with Crippen molar-refractivity contribution in [3.63, 3.8) is 0 Å². The smallest absolute Gasteiger partial charge is 0.319 e. The molecular formula is C22H29N5O4. The molecule has 1 saturated heterocycles. The molecule has 1 fully saturated rings. The topological polar surface area (TPSA) is 96.0 Å². The summed E-state index contributed by atoms with van der Waals surface area (Å²) in [6.45, 7) is 5.42. The number of benzene rings is 1. The summed E-state index contributed by atoms with van der Waals surface area (Å²) in [7, 11) is 1.56. The average molecular weight is 428 g/mol. The minimum absolute atomic E-state index is 0.0315. The molecule has 0 radical (unpaired) electrons. The van der Waals surface area contributed by atoms with Gasteiger partial charge in [-0.2, -0.15) is 0 Å². The van der Waals surface area contributed by atoms with Crippen molar-refractivity contribution < 1.29 is 19.1 Å². The van der Waals surface area contributed by atoms with Crippen LogP contribution in [-0.4, -0.2) is 68.3 Å². The van der Waals surface area contributed by atoms with Gasteiger partial charge in [0.2, 0.25) is 5.91 Å². The van der Waals surface area contributed by atoms with Gasteiger partial charge in [0.05, 0.1) is 13.7 Å². The number of urea groups is 1. The summed E-state index contributed by atoms with van der Waals surface area (Å²) < 4.78 is 10.7. The molecule has 1 aromatic heterocycles. The first kappa shape index (κ1) is 22.2. The Morgan fingerprint density at radius 1 is 1.10 bits per heavy atom. The SMILES string of the molecule is CCOc1cc(NC(=O)NCCC(=O)N2CCN(c3ccccn3)CC2)ccc1OC. The maximum atomic E-state index is 12.5. The van der Waals surface area contributed by atoms with E-state index in [4.69, 9.17) is 9.47 Å². The van der Waals surface area contributed by atoms with Crippen LogP contribution in [0.5, 0.6) is 11.5 Å². The van der Waals surface area contributed by atoms with E-state index in [1.54, 1.807) is 31.5 Å². The molecule has 9 nitrogen and oxygen atoms in total. The number of nitrogens with zero attached hydrogens (tertiary/aromatic N) is 3. The highest BCUT2D eigenvalue weighted by molar-refractivity contribution is 5.90. The normalized spacial score (nSPS) is 13.5. The quantitative estimate of drug-likeness (QED) is 0.671. The monoisotopic (exact) mass is 427 g/mol. The lowest BCUT2D eigenvalue weighted by Gasteiger charge is -2.35. The summed E-state index contributed by atoms with van der Waals surface area (Å²) in [6, 6.07) is 10.6. The van der Waals surface area contributed by atoms with E-state index in [-0.39, 0.29) is 24.9 Å². The van der Waals surface area contributed by atoms with Crippen molar-refractivity contribution in [1.82, 2.24) is 15.2 Å². The Hall–Kier alpha value is -3.49. The van der Waals surface area contributed by atoms with Gasteiger partial charge in [0.15, 0.2) is 11.5 Å². The predicted octanol–water partition coefficient (Wildman–Crippen LogP) is 2.35. The fourth-order valence-corrected chi connectivity index (χ4v) is 3.36. The van der Waals surface area contributed by atoms with Crippen molar-refractivity contribution in [2.75, 3.05) is 56.7 Å². The second-order valence-corrected chi connectivity index (χ2v) is 6.99. The molecule has 9 heteroatoms. The number of ether oxygens (including phenoxy) is 2. The van der Waals surface area contributed by atoms with Crippen molar-refractivity contribution in [3.05, 3.63) is 42.6 Å². The molecule has 3 rings (SSSR count). The number of anilines is 2. The molecule has 0 spiro atoms. The van der Waals surface area contributed by atoms with Crippen LogP contribution >= 0.6 is 0 Å². The number of hydrogen-bond acceptors (Lipinski definition) is 6. The van der Waals surface area contributed by atoms with Gasteiger partial charge in [-0.05, 0) is 31.2 Å². The van der Waals surface area contributed by atoms with Crippen LogP contribution in [0.1, 0.15) is 13.3 Å². The number of rotatable bonds is 8. The molecule has 2 aromatic rings. The lowest BCUT2D eigenvalue weighted by Crippen LogP contribution is -2.49. The molecule has 31 heavy (non-hydrogen) atoms. The van der Waals surface area contributed by atoms with Gasteiger partial charge < -0.3 is 29.9 Å². The third-order valence-corrected chi connectivity index (χ3v) is 4.95. The Morgan fingerprint density at radius 2 is 1.90 bits per heavy atom. The van der Waals surface area contributed by atoms with Crippen LogP contribution in [0.3, 0.4) is 0 Å². The van der Waals surface area contributed by atoms with E-state index in [0.29, 0.717) is 36.9 Å². The number of nitrogens with one attached hydrogen (secondary N) is 2. The first-order valence-corrected chi connectivity index (χ1v) is 10.4. The third-order valence-electron chi connectivity index (χ3n) is 4.95. The highest BCUT2D eigenvalue weighted by atomic mass is 16.5. The fraction of sp³-hybridized carbons (Fsp3) is 0.409. The van der Waals surface area contributed by atoms with Gasteiger partial charge in [0.1, 0.15) is 5.82 Å². The van der Waals surface area contributed by atoms with E-state index in [9.17, 15) is 9.59 Å². The van der Waals surface area contributed by atoms with Gasteiger partial charge in [-0.3, -0.25) is 4.79 Å². The zero-order valence-electron chi connectivity index (χ0n) is 18.0. The molecular weight excluding hydrogens is 398 g/mol. The third kappa shape index (κ3) is 6.24. The van der Waals surface area contributed by atoms with Gasteiger partial charge in [-0.1, -0.05) is 6.07 Å². The van der Waals surface area contributed by atoms with Gasteiger partial charge in [-0.15, -0.1) is 0 Å². The zero-order chi connectivity index (χ0) is 22.1. The number of methoxy groups -OCH3 is 1. The first-order chi connectivity index (χ1) is 15.1. The molecule has 1 aliphatic heterocycles. The largest absolute Gasteiger partial charge is 0.493 e. The van der Waals surface area contributed by atoms with Crippen LogP contribution in [-0.2, 0) is 4.79 Å². The Labute approximate surface area is 182 Å². The number of amides is 3. The molecule has 0 unspecified atom stereocenters. The van der Waals surface area contributed by atoms with Crippen molar-refractivity contribution >= 4 is 23.4 Å². The molecule has 1 aromatic carbocycles. The molecule has 0 atom stereocenters. The van der Waals surface area contributed by atoms with Crippen LogP contribution in [0.2, 0.25) is 0 Å². The van der Waals surface area contributed by atoms with Crippen LogP contribution in [0, 0.1) is 0 Å². The van der Waals surface area contributed by atoms with Gasteiger partial charge in [0.25, 0.3) is 0 Å². The summed E-state index contributed by atoms with van der Waals surface area (Å²) in [4.78, 5) is 33.0. The van der Waals surface area contributed by atoms with Crippen LogP contribution in [0.25, 0.3) is 0 Å². The number of hydrogen-bond donors (Lipinski definition) is 2. The van der Waals surface area contributed by atoms with E-state index in [1.807, 2.05) is 30.0 Å². The van der Waals surface area contributed by atoms with Gasteiger partial charge >= 0.3 is 6.03 Å². The van der Waals surface area contributed by atoms with Crippen LogP contribution in [0.15, 0.2) is 42.6 Å². The maximum absolute atomic E-state index is 12.5. The van der Waals surface area contributed by atoms with E-state index >= 15 is 0 Å². The summed E-state index contributed by atoms with van der Waals surface area (Å²) in [5.41, 5.74) is 0.582. The maximum Gasteiger partial charge on any atom is 0.319 e. The molecule has 166 valence electrons. The molecule has 3 amide bonds. The van der Waals surface area contributed by atoms with Crippen LogP contribution in [0.4, 0.5) is 16.3 Å². The van der Waals surface area contributed by atoms with E-state index in [2.05, 4.69) is 20.5 Å². The van der Waals surface area contributed by atoms with Crippen molar-refractivity contribution in [2.45, 2.75) is 13.3 Å². The molecule has 0 aliphatic carbocycles. The van der Waals surface area contributed by atoms with E-state index < -0.39 is 0 Å². The number of carbonyl (C=O) groups is 2. The predicted molar refractivity (Wildman–Crippen MR) is 119 cm³/mol. The Bertz CT molecular complexity index is 869. The van der Waals surface area contributed by atoms with E-state index in [1.165, 1.54) is 0 Å².